The molecule has 2 rings (SSSR count). The van der Waals surface area contributed by atoms with E-state index in [0.29, 0.717) is 0 Å². The summed E-state index contributed by atoms with van der Waals surface area (Å²) < 4.78 is 26.9. The zero-order chi connectivity index (χ0) is 14.3. The summed E-state index contributed by atoms with van der Waals surface area (Å²) >= 11 is 0. The minimum Gasteiger partial charge on any atom is -0.324 e. The number of nitrogens with two attached hydrogens (primary N) is 1. The highest BCUT2D eigenvalue weighted by Gasteiger charge is 2.42. The molecule has 8 nitrogen and oxygen atoms in total. The maximum absolute atomic E-state index is 12.2. The van der Waals surface area contributed by atoms with Gasteiger partial charge in [-0.3, -0.25) is 16.0 Å². The fourth-order valence-corrected chi connectivity index (χ4v) is 3.30. The van der Waals surface area contributed by atoms with Crippen molar-refractivity contribution in [3.63, 3.8) is 0 Å². The highest BCUT2D eigenvalue weighted by atomic mass is 32.2. The predicted molar refractivity (Wildman–Crippen MR) is 68.9 cm³/mol. The summed E-state index contributed by atoms with van der Waals surface area (Å²) in [4.78, 5) is 9.79. The van der Waals surface area contributed by atoms with Gasteiger partial charge in [-0.25, -0.2) is 13.1 Å². The third kappa shape index (κ3) is 2.83. The van der Waals surface area contributed by atoms with Crippen LogP contribution >= 0.6 is 0 Å². The second-order valence-electron chi connectivity index (χ2n) is 4.75. The number of nitrogens with zero attached hydrogens (tertiary/aromatic N) is 1. The van der Waals surface area contributed by atoms with Gasteiger partial charge in [-0.05, 0) is 31.9 Å². The largest absolute Gasteiger partial charge is 0.324 e. The Bertz CT molecular complexity index is 624. The van der Waals surface area contributed by atoms with Crippen LogP contribution in [0.4, 0.5) is 11.4 Å². The van der Waals surface area contributed by atoms with E-state index < -0.39 is 26.2 Å². The highest BCUT2D eigenvalue weighted by molar-refractivity contribution is 7.89. The molecule has 0 spiro atoms. The van der Waals surface area contributed by atoms with Crippen molar-refractivity contribution in [3.05, 3.63) is 28.3 Å². The lowest BCUT2D eigenvalue weighted by Gasteiger charge is -2.13. The van der Waals surface area contributed by atoms with Crippen LogP contribution in [0.1, 0.15) is 19.8 Å². The SMILES string of the molecule is CC1(NS(=O)(=O)c2cc(NN)ccc2[N+](=O)[O-])CC1. The van der Waals surface area contributed by atoms with Gasteiger partial charge in [0.25, 0.3) is 5.69 Å². The number of nitrogens with one attached hydrogen (secondary N) is 2. The Kier molecular flexibility index (Phi) is 3.20. The van der Waals surface area contributed by atoms with Gasteiger partial charge in [-0.1, -0.05) is 0 Å². The summed E-state index contributed by atoms with van der Waals surface area (Å²) in [6, 6.07) is 3.60. The zero-order valence-electron chi connectivity index (χ0n) is 10.2. The smallest absolute Gasteiger partial charge is 0.289 e. The van der Waals surface area contributed by atoms with Gasteiger partial charge < -0.3 is 5.43 Å². The molecule has 1 fully saturated rings. The molecule has 1 aliphatic rings. The minimum atomic E-state index is -3.95. The molecule has 19 heavy (non-hydrogen) atoms. The number of rotatable bonds is 5. The van der Waals surface area contributed by atoms with Crippen LogP contribution in [-0.4, -0.2) is 18.9 Å². The maximum Gasteiger partial charge on any atom is 0.289 e. The average Bonchev–Trinajstić information content (AvgIpc) is 3.04. The number of nitrogen functional groups attached to an aromatic ring is 1. The average molecular weight is 286 g/mol. The van der Waals surface area contributed by atoms with Crippen LogP contribution in [0.2, 0.25) is 0 Å². The molecule has 0 heterocycles. The van der Waals surface area contributed by atoms with E-state index >= 15 is 0 Å². The summed E-state index contributed by atoms with van der Waals surface area (Å²) in [5, 5.41) is 10.9. The Hall–Kier alpha value is -1.71. The first-order valence-electron chi connectivity index (χ1n) is 5.56. The molecule has 0 bridgehead atoms. The molecule has 1 aliphatic carbocycles. The molecule has 0 unspecified atom stereocenters. The lowest BCUT2D eigenvalue weighted by atomic mass is 10.3. The third-order valence-electron chi connectivity index (χ3n) is 2.99. The molecule has 1 aromatic carbocycles. The zero-order valence-corrected chi connectivity index (χ0v) is 11.0. The Balaban J connectivity index is 2.49. The van der Waals surface area contributed by atoms with Crippen molar-refractivity contribution in [2.75, 3.05) is 5.43 Å². The van der Waals surface area contributed by atoms with Gasteiger partial charge in [0.15, 0.2) is 4.90 Å². The minimum absolute atomic E-state index is 0.284. The number of hydrazine groups is 1. The number of nitro benzene ring substituents is 1. The van der Waals surface area contributed by atoms with Gasteiger partial charge in [-0.15, -0.1) is 0 Å². The van der Waals surface area contributed by atoms with E-state index in [4.69, 9.17) is 5.84 Å². The first-order valence-corrected chi connectivity index (χ1v) is 7.05. The van der Waals surface area contributed by atoms with Crippen LogP contribution in [0.3, 0.4) is 0 Å². The van der Waals surface area contributed by atoms with Crippen molar-refractivity contribution in [1.82, 2.24) is 4.72 Å². The number of hydrogen-bond donors (Lipinski definition) is 3. The predicted octanol–water partition coefficient (Wildman–Crippen LogP) is 0.711. The fraction of sp³-hybridized carbons (Fsp3) is 0.400. The van der Waals surface area contributed by atoms with E-state index in [2.05, 4.69) is 10.1 Å². The number of nitro groups is 1. The first kappa shape index (κ1) is 13.7. The van der Waals surface area contributed by atoms with Crippen molar-refractivity contribution in [2.24, 2.45) is 5.84 Å². The standard InChI is InChI=1S/C10H14N4O4S/c1-10(4-5-10)13-19(17,18)9-6-7(12-11)2-3-8(9)14(15)16/h2-3,6,12-13H,4-5,11H2,1H3. The summed E-state index contributed by atoms with van der Waals surface area (Å²) in [7, 11) is -3.95. The van der Waals surface area contributed by atoms with Gasteiger partial charge in [0, 0.05) is 11.6 Å². The first-order chi connectivity index (χ1) is 8.77. The number of sulfonamides is 1. The normalized spacial score (nSPS) is 16.9. The van der Waals surface area contributed by atoms with Crippen molar-refractivity contribution in [1.29, 1.82) is 0 Å². The van der Waals surface area contributed by atoms with Crippen LogP contribution in [0, 0.1) is 10.1 Å². The van der Waals surface area contributed by atoms with Crippen LogP contribution < -0.4 is 16.0 Å². The monoisotopic (exact) mass is 286 g/mol. The van der Waals surface area contributed by atoms with E-state index in [1.54, 1.807) is 6.92 Å². The van der Waals surface area contributed by atoms with Crippen LogP contribution in [0.5, 0.6) is 0 Å². The molecule has 0 aromatic heterocycles. The van der Waals surface area contributed by atoms with Crippen molar-refractivity contribution in [3.8, 4) is 0 Å². The molecule has 4 N–H and O–H groups in total. The van der Waals surface area contributed by atoms with Crippen LogP contribution in [0.25, 0.3) is 0 Å². The molecule has 0 radical (unpaired) electrons. The molecule has 0 atom stereocenters. The highest BCUT2D eigenvalue weighted by Crippen LogP contribution is 2.37. The van der Waals surface area contributed by atoms with E-state index in [-0.39, 0.29) is 10.6 Å². The van der Waals surface area contributed by atoms with Gasteiger partial charge >= 0.3 is 0 Å². The molecular formula is C10H14N4O4S. The van der Waals surface area contributed by atoms with Gasteiger partial charge in [-0.2, -0.15) is 0 Å². The van der Waals surface area contributed by atoms with Gasteiger partial charge in [0.05, 0.1) is 10.6 Å². The second-order valence-corrected chi connectivity index (χ2v) is 6.40. The topological polar surface area (TPSA) is 127 Å². The number of anilines is 1. The maximum atomic E-state index is 12.2. The number of benzene rings is 1. The Labute approximate surface area is 110 Å². The van der Waals surface area contributed by atoms with Crippen LogP contribution in [-0.2, 0) is 10.0 Å². The van der Waals surface area contributed by atoms with Crippen molar-refractivity contribution in [2.45, 2.75) is 30.2 Å². The molecule has 104 valence electrons. The van der Waals surface area contributed by atoms with E-state index in [1.165, 1.54) is 6.07 Å². The molecule has 1 aromatic rings. The molecule has 9 heteroatoms. The van der Waals surface area contributed by atoms with E-state index in [1.807, 2.05) is 0 Å². The van der Waals surface area contributed by atoms with E-state index in [9.17, 15) is 18.5 Å². The lowest BCUT2D eigenvalue weighted by Crippen LogP contribution is -2.34. The molecule has 1 saturated carbocycles. The summed E-state index contributed by atoms with van der Waals surface area (Å²) in [5.74, 6) is 5.19. The number of hydrogen-bond acceptors (Lipinski definition) is 6. The molecule has 0 aliphatic heterocycles. The Morgan fingerprint density at radius 3 is 2.53 bits per heavy atom. The summed E-state index contributed by atoms with van der Waals surface area (Å²) in [6.45, 7) is 1.75. The van der Waals surface area contributed by atoms with Crippen molar-refractivity contribution >= 4 is 21.4 Å². The quantitative estimate of drug-likeness (QED) is 0.415. The Morgan fingerprint density at radius 2 is 2.05 bits per heavy atom. The summed E-state index contributed by atoms with van der Waals surface area (Å²) in [5.41, 5.74) is 1.58. The van der Waals surface area contributed by atoms with Crippen LogP contribution in [0.15, 0.2) is 23.1 Å². The van der Waals surface area contributed by atoms with Crippen molar-refractivity contribution < 1.29 is 13.3 Å². The molecular weight excluding hydrogens is 272 g/mol. The van der Waals surface area contributed by atoms with E-state index in [0.717, 1.165) is 25.0 Å². The summed E-state index contributed by atoms with van der Waals surface area (Å²) in [6.07, 6.45) is 1.43. The third-order valence-corrected chi connectivity index (χ3v) is 4.66. The fourth-order valence-electron chi connectivity index (χ4n) is 1.64. The molecule has 0 amide bonds. The molecule has 0 saturated heterocycles. The second kappa shape index (κ2) is 4.44. The van der Waals surface area contributed by atoms with Gasteiger partial charge in [0.1, 0.15) is 0 Å². The lowest BCUT2D eigenvalue weighted by molar-refractivity contribution is -0.387. The van der Waals surface area contributed by atoms with Gasteiger partial charge in [0.2, 0.25) is 10.0 Å². The Morgan fingerprint density at radius 1 is 1.42 bits per heavy atom.